The van der Waals surface area contributed by atoms with E-state index in [9.17, 15) is 24.0 Å². The molecule has 0 aliphatic rings. The van der Waals surface area contributed by atoms with Crippen LogP contribution in [0.5, 0.6) is 0 Å². The molecule has 0 aliphatic carbocycles. The van der Waals surface area contributed by atoms with Crippen LogP contribution >= 0.6 is 0 Å². The molecule has 10 heteroatoms. The molecule has 0 bridgehead atoms. The Balaban J connectivity index is 2.93. The molecule has 10 nitrogen and oxygen atoms in total. The molecule has 0 radical (unpaired) electrons. The van der Waals surface area contributed by atoms with E-state index in [4.69, 9.17) is 10.2 Å². The maximum Gasteiger partial charge on any atom is 0.326 e. The number of amides is 1. The fraction of sp³-hybridized carbons (Fsp3) is 0.222. The first-order valence-electron chi connectivity index (χ1n) is 4.88. The second-order valence-electron chi connectivity index (χ2n) is 3.46. The molecular formula is C9H9N3O7. The monoisotopic (exact) mass is 271 g/mol. The third-order valence-corrected chi connectivity index (χ3v) is 1.99. The fourth-order valence-corrected chi connectivity index (χ4v) is 1.20. The van der Waals surface area contributed by atoms with Crippen molar-refractivity contribution >= 4 is 17.8 Å². The molecule has 1 rings (SSSR count). The normalized spacial score (nSPS) is 11.6. The van der Waals surface area contributed by atoms with Gasteiger partial charge >= 0.3 is 17.6 Å². The van der Waals surface area contributed by atoms with Crippen LogP contribution in [0.15, 0.2) is 15.7 Å². The highest BCUT2D eigenvalue weighted by atomic mass is 16.4. The van der Waals surface area contributed by atoms with Gasteiger partial charge in [0.1, 0.15) is 11.7 Å². The van der Waals surface area contributed by atoms with Crippen LogP contribution in [-0.4, -0.2) is 44.1 Å². The van der Waals surface area contributed by atoms with E-state index in [2.05, 4.69) is 0 Å². The third kappa shape index (κ3) is 4.11. The van der Waals surface area contributed by atoms with Gasteiger partial charge in [0, 0.05) is 6.07 Å². The highest BCUT2D eigenvalue weighted by Crippen LogP contribution is 1.95. The van der Waals surface area contributed by atoms with E-state index in [1.54, 1.807) is 0 Å². The molecule has 0 unspecified atom stereocenters. The predicted molar refractivity (Wildman–Crippen MR) is 58.8 cm³/mol. The quantitative estimate of drug-likeness (QED) is 0.401. The molecule has 1 heterocycles. The Morgan fingerprint density at radius 3 is 2.32 bits per heavy atom. The topological polar surface area (TPSA) is 169 Å². The van der Waals surface area contributed by atoms with Crippen LogP contribution in [0, 0.1) is 0 Å². The maximum atomic E-state index is 11.6. The van der Waals surface area contributed by atoms with Crippen LogP contribution in [0.1, 0.15) is 16.9 Å². The molecule has 0 saturated heterocycles. The van der Waals surface area contributed by atoms with Crippen LogP contribution in [0.4, 0.5) is 0 Å². The minimum absolute atomic E-state index is 0.467. The largest absolute Gasteiger partial charge is 0.481 e. The molecule has 1 amide bonds. The Bertz CT molecular complexity index is 601. The Labute approximate surface area is 104 Å². The predicted octanol–water partition coefficient (Wildman–Crippen LogP) is -2.28. The van der Waals surface area contributed by atoms with Gasteiger partial charge < -0.3 is 20.5 Å². The van der Waals surface area contributed by atoms with Crippen LogP contribution in [0.3, 0.4) is 0 Å². The number of nitrogens with one attached hydrogen (secondary N) is 3. The Kier molecular flexibility index (Phi) is 4.19. The standard InChI is InChI=1S/C9H9N3O7/c13-5-1-3(11-9(19)12-5)7(16)10-4(8(17)18)2-6(14)15/h1,4H,2H2,(H,10,16)(H,14,15)(H,17,18)(H2,11,12,13,19)/t4-/m0/s1. The second-order valence-corrected chi connectivity index (χ2v) is 3.46. The summed E-state index contributed by atoms with van der Waals surface area (Å²) in [6, 6.07) is -0.927. The van der Waals surface area contributed by atoms with Gasteiger partial charge in [-0.2, -0.15) is 0 Å². The highest BCUT2D eigenvalue weighted by Gasteiger charge is 2.24. The van der Waals surface area contributed by atoms with Crippen LogP contribution in [-0.2, 0) is 9.59 Å². The van der Waals surface area contributed by atoms with E-state index in [0.717, 1.165) is 6.07 Å². The zero-order chi connectivity index (χ0) is 14.6. The van der Waals surface area contributed by atoms with Gasteiger partial charge in [-0.05, 0) is 0 Å². The van der Waals surface area contributed by atoms with E-state index in [-0.39, 0.29) is 0 Å². The van der Waals surface area contributed by atoms with Crippen molar-refractivity contribution in [2.45, 2.75) is 12.5 Å². The third-order valence-electron chi connectivity index (χ3n) is 1.99. The fourth-order valence-electron chi connectivity index (χ4n) is 1.20. The van der Waals surface area contributed by atoms with Crippen molar-refractivity contribution in [1.82, 2.24) is 15.3 Å². The van der Waals surface area contributed by atoms with Crippen molar-refractivity contribution in [2.24, 2.45) is 0 Å². The number of carbonyl (C=O) groups is 3. The Morgan fingerprint density at radius 1 is 1.21 bits per heavy atom. The summed E-state index contributed by atoms with van der Waals surface area (Å²) in [7, 11) is 0. The zero-order valence-electron chi connectivity index (χ0n) is 9.30. The second kappa shape index (κ2) is 5.62. The lowest BCUT2D eigenvalue weighted by Crippen LogP contribution is -2.43. The summed E-state index contributed by atoms with van der Waals surface area (Å²) in [6.45, 7) is 0. The van der Waals surface area contributed by atoms with Gasteiger partial charge in [-0.1, -0.05) is 0 Å². The van der Waals surface area contributed by atoms with Gasteiger partial charge in [0.15, 0.2) is 0 Å². The van der Waals surface area contributed by atoms with Gasteiger partial charge in [0.25, 0.3) is 11.5 Å². The molecule has 0 aliphatic heterocycles. The number of carboxylic acid groups (broad SMARTS) is 2. The zero-order valence-corrected chi connectivity index (χ0v) is 9.30. The summed E-state index contributed by atoms with van der Waals surface area (Å²) in [4.78, 5) is 58.3. The number of carboxylic acids is 2. The molecule has 19 heavy (non-hydrogen) atoms. The molecule has 0 saturated carbocycles. The molecule has 0 fully saturated rings. The van der Waals surface area contributed by atoms with Crippen molar-refractivity contribution in [3.63, 3.8) is 0 Å². The summed E-state index contributed by atoms with van der Waals surface area (Å²) < 4.78 is 0. The molecule has 0 aromatic carbocycles. The van der Waals surface area contributed by atoms with E-state index in [1.807, 2.05) is 15.3 Å². The van der Waals surface area contributed by atoms with Gasteiger partial charge in [0.05, 0.1) is 6.42 Å². The van der Waals surface area contributed by atoms with Gasteiger partial charge in [-0.3, -0.25) is 19.4 Å². The van der Waals surface area contributed by atoms with Crippen LogP contribution < -0.4 is 16.6 Å². The SMILES string of the molecule is O=C(O)C[C@H](NC(=O)c1cc(=O)[nH]c(=O)[nH]1)C(=O)O. The molecular weight excluding hydrogens is 262 g/mol. The van der Waals surface area contributed by atoms with Gasteiger partial charge in [0.2, 0.25) is 0 Å². The van der Waals surface area contributed by atoms with Crippen LogP contribution in [0.2, 0.25) is 0 Å². The number of aromatic nitrogens is 2. The smallest absolute Gasteiger partial charge is 0.326 e. The lowest BCUT2D eigenvalue weighted by atomic mass is 10.2. The highest BCUT2D eigenvalue weighted by molar-refractivity contribution is 5.95. The lowest BCUT2D eigenvalue weighted by molar-refractivity contribution is -0.145. The number of aromatic amines is 2. The van der Waals surface area contributed by atoms with Crippen molar-refractivity contribution < 1.29 is 24.6 Å². The van der Waals surface area contributed by atoms with Crippen LogP contribution in [0.25, 0.3) is 0 Å². The first-order valence-corrected chi connectivity index (χ1v) is 4.88. The molecule has 1 atom stereocenters. The molecule has 0 spiro atoms. The van der Waals surface area contributed by atoms with Crippen molar-refractivity contribution in [3.05, 3.63) is 32.6 Å². The van der Waals surface area contributed by atoms with Gasteiger partial charge in [-0.15, -0.1) is 0 Å². The first kappa shape index (κ1) is 14.2. The average molecular weight is 271 g/mol. The number of hydrogen-bond acceptors (Lipinski definition) is 5. The summed E-state index contributed by atoms with van der Waals surface area (Å²) in [5.41, 5.74) is -2.26. The number of rotatable bonds is 5. The van der Waals surface area contributed by atoms with Crippen molar-refractivity contribution in [2.75, 3.05) is 0 Å². The molecule has 102 valence electrons. The maximum absolute atomic E-state index is 11.6. The number of aliphatic carboxylic acids is 2. The number of H-pyrrole nitrogens is 2. The Hall–Kier alpha value is -2.91. The number of hydrogen-bond donors (Lipinski definition) is 5. The summed E-state index contributed by atoms with van der Waals surface area (Å²) >= 11 is 0. The minimum atomic E-state index is -1.67. The lowest BCUT2D eigenvalue weighted by Gasteiger charge is -2.11. The number of carbonyl (C=O) groups excluding carboxylic acids is 1. The average Bonchev–Trinajstić information content (AvgIpc) is 2.25. The van der Waals surface area contributed by atoms with E-state index in [0.29, 0.717) is 0 Å². The first-order chi connectivity index (χ1) is 8.79. The molecule has 5 N–H and O–H groups in total. The minimum Gasteiger partial charge on any atom is -0.481 e. The van der Waals surface area contributed by atoms with Crippen molar-refractivity contribution in [1.29, 1.82) is 0 Å². The Morgan fingerprint density at radius 2 is 1.84 bits per heavy atom. The van der Waals surface area contributed by atoms with E-state index in [1.165, 1.54) is 0 Å². The summed E-state index contributed by atoms with van der Waals surface area (Å²) in [5.74, 6) is -4.05. The summed E-state index contributed by atoms with van der Waals surface area (Å²) in [6.07, 6.45) is -0.839. The molecule has 1 aromatic heterocycles. The van der Waals surface area contributed by atoms with E-state index >= 15 is 0 Å². The summed E-state index contributed by atoms with van der Waals surface area (Å²) in [5, 5.41) is 19.1. The van der Waals surface area contributed by atoms with Gasteiger partial charge in [-0.25, -0.2) is 9.59 Å². The molecule has 1 aromatic rings. The van der Waals surface area contributed by atoms with E-state index < -0.39 is 47.3 Å². The van der Waals surface area contributed by atoms with Crippen molar-refractivity contribution in [3.8, 4) is 0 Å².